The van der Waals surface area contributed by atoms with Gasteiger partial charge in [0.1, 0.15) is 6.61 Å². The van der Waals surface area contributed by atoms with Crippen molar-refractivity contribution in [1.82, 2.24) is 4.90 Å². The minimum atomic E-state index is -0.619. The maximum atomic E-state index is 13.3. The van der Waals surface area contributed by atoms with Crippen LogP contribution < -0.4 is 9.47 Å². The zero-order valence-electron chi connectivity index (χ0n) is 15.8. The average Bonchev–Trinajstić information content (AvgIpc) is 3.15. The van der Waals surface area contributed by atoms with E-state index >= 15 is 0 Å². The van der Waals surface area contributed by atoms with Crippen LogP contribution in [0.2, 0.25) is 0 Å². The molecule has 0 aliphatic carbocycles. The maximum Gasteiger partial charge on any atom is 0.267 e. The molecule has 0 N–H and O–H groups in total. The van der Waals surface area contributed by atoms with Crippen LogP contribution in [0.15, 0.2) is 66.7 Å². The molecule has 0 saturated carbocycles. The van der Waals surface area contributed by atoms with Gasteiger partial charge >= 0.3 is 0 Å². The zero-order valence-corrected chi connectivity index (χ0v) is 16.7. The summed E-state index contributed by atoms with van der Waals surface area (Å²) in [6, 6.07) is 21.9. The van der Waals surface area contributed by atoms with E-state index in [0.717, 1.165) is 6.42 Å². The lowest BCUT2D eigenvalue weighted by Gasteiger charge is -2.30. The molecule has 3 aromatic rings. The van der Waals surface area contributed by atoms with E-state index in [2.05, 4.69) is 31.2 Å². The average molecular weight is 394 g/mol. The number of aryl methyl sites for hydroxylation is 1. The lowest BCUT2D eigenvalue weighted by Crippen LogP contribution is -2.46. The van der Waals surface area contributed by atoms with E-state index in [-0.39, 0.29) is 12.5 Å². The molecule has 0 saturated heterocycles. The first-order valence-corrected chi connectivity index (χ1v) is 10.3. The molecule has 1 atom stereocenters. The molecule has 0 spiro atoms. The fraction of sp³-hybridized carbons (Fsp3) is 0.261. The Balaban J connectivity index is 1.49. The molecule has 0 unspecified atom stereocenters. The number of fused-ring (bicyclic) bond motifs is 1. The van der Waals surface area contributed by atoms with Gasteiger partial charge in [-0.1, -0.05) is 42.5 Å². The molecule has 1 aliphatic rings. The van der Waals surface area contributed by atoms with Gasteiger partial charge in [-0.2, -0.15) is 0 Å². The second-order valence-electron chi connectivity index (χ2n) is 6.87. The van der Waals surface area contributed by atoms with Gasteiger partial charge in [-0.15, -0.1) is 11.3 Å². The van der Waals surface area contributed by atoms with Crippen molar-refractivity contribution in [2.75, 3.05) is 13.2 Å². The van der Waals surface area contributed by atoms with E-state index in [1.807, 2.05) is 47.4 Å². The number of hydrogen-bond donors (Lipinski definition) is 0. The Kier molecular flexibility index (Phi) is 5.63. The Hall–Kier alpha value is -2.79. The van der Waals surface area contributed by atoms with Crippen molar-refractivity contribution in [3.8, 4) is 11.5 Å². The summed E-state index contributed by atoms with van der Waals surface area (Å²) in [5.41, 5.74) is 1.22. The van der Waals surface area contributed by atoms with Crippen LogP contribution in [0.25, 0.3) is 0 Å². The molecule has 28 heavy (non-hydrogen) atoms. The SMILES string of the molecule is Cc1ccc(CN(CCc2ccccc2)C(=O)[C@H]2COc3ccccc3O2)s1. The number of rotatable bonds is 6. The van der Waals surface area contributed by atoms with Crippen LogP contribution in [-0.2, 0) is 17.8 Å². The van der Waals surface area contributed by atoms with Gasteiger partial charge in [0.15, 0.2) is 11.5 Å². The van der Waals surface area contributed by atoms with Gasteiger partial charge in [0.05, 0.1) is 6.54 Å². The fourth-order valence-corrected chi connectivity index (χ4v) is 4.19. The monoisotopic (exact) mass is 393 g/mol. The molecule has 0 fully saturated rings. The van der Waals surface area contributed by atoms with Gasteiger partial charge < -0.3 is 14.4 Å². The van der Waals surface area contributed by atoms with Crippen molar-refractivity contribution in [3.05, 3.63) is 82.0 Å². The standard InChI is InChI=1S/C23H23NO3S/c1-17-11-12-19(28-17)15-24(14-13-18-7-3-2-4-8-18)23(25)22-16-26-20-9-5-6-10-21(20)27-22/h2-12,22H,13-16H2,1H3/t22-/m1/s1. The van der Waals surface area contributed by atoms with Crippen molar-refractivity contribution in [1.29, 1.82) is 0 Å². The molecule has 0 bridgehead atoms. The van der Waals surface area contributed by atoms with Gasteiger partial charge in [-0.3, -0.25) is 4.79 Å². The maximum absolute atomic E-state index is 13.3. The van der Waals surface area contributed by atoms with E-state index in [0.29, 0.717) is 24.6 Å². The minimum Gasteiger partial charge on any atom is -0.485 e. The molecule has 2 aromatic carbocycles. The molecule has 144 valence electrons. The summed E-state index contributed by atoms with van der Waals surface area (Å²) in [4.78, 5) is 17.6. The normalized spacial score (nSPS) is 15.2. The van der Waals surface area contributed by atoms with Crippen LogP contribution >= 0.6 is 11.3 Å². The number of amides is 1. The van der Waals surface area contributed by atoms with Crippen LogP contribution in [-0.4, -0.2) is 30.1 Å². The number of para-hydroxylation sites is 2. The molecule has 5 heteroatoms. The molecule has 4 rings (SSSR count). The Labute approximate surface area is 169 Å². The summed E-state index contributed by atoms with van der Waals surface area (Å²) in [6.45, 7) is 3.55. The van der Waals surface area contributed by atoms with Gasteiger partial charge in [-0.25, -0.2) is 0 Å². The Morgan fingerprint density at radius 2 is 1.79 bits per heavy atom. The number of carbonyl (C=O) groups excluding carboxylic acids is 1. The van der Waals surface area contributed by atoms with E-state index < -0.39 is 6.10 Å². The van der Waals surface area contributed by atoms with Crippen molar-refractivity contribution < 1.29 is 14.3 Å². The summed E-state index contributed by atoms with van der Waals surface area (Å²) in [7, 11) is 0. The topological polar surface area (TPSA) is 38.8 Å². The first-order valence-electron chi connectivity index (χ1n) is 9.45. The first-order chi connectivity index (χ1) is 13.7. The Morgan fingerprint density at radius 3 is 2.54 bits per heavy atom. The van der Waals surface area contributed by atoms with Gasteiger partial charge in [0, 0.05) is 16.3 Å². The van der Waals surface area contributed by atoms with Crippen molar-refractivity contribution >= 4 is 17.2 Å². The highest BCUT2D eigenvalue weighted by molar-refractivity contribution is 7.11. The summed E-state index contributed by atoms with van der Waals surface area (Å²) in [5, 5.41) is 0. The summed E-state index contributed by atoms with van der Waals surface area (Å²) < 4.78 is 11.7. The van der Waals surface area contributed by atoms with Gasteiger partial charge in [0.25, 0.3) is 5.91 Å². The summed E-state index contributed by atoms with van der Waals surface area (Å²) >= 11 is 1.72. The number of benzene rings is 2. The van der Waals surface area contributed by atoms with E-state index in [4.69, 9.17) is 9.47 Å². The second-order valence-corrected chi connectivity index (χ2v) is 8.24. The van der Waals surface area contributed by atoms with Crippen LogP contribution in [0, 0.1) is 6.92 Å². The highest BCUT2D eigenvalue weighted by Crippen LogP contribution is 2.31. The molecule has 4 nitrogen and oxygen atoms in total. The third-order valence-electron chi connectivity index (χ3n) is 4.75. The molecular formula is C23H23NO3S. The zero-order chi connectivity index (χ0) is 19.3. The highest BCUT2D eigenvalue weighted by atomic mass is 32.1. The fourth-order valence-electron chi connectivity index (χ4n) is 3.28. The van der Waals surface area contributed by atoms with E-state index in [1.54, 1.807) is 11.3 Å². The van der Waals surface area contributed by atoms with Crippen molar-refractivity contribution in [3.63, 3.8) is 0 Å². The van der Waals surface area contributed by atoms with Crippen molar-refractivity contribution in [2.45, 2.75) is 26.0 Å². The molecule has 1 aliphatic heterocycles. The lowest BCUT2D eigenvalue weighted by molar-refractivity contribution is -0.141. The molecular weight excluding hydrogens is 370 g/mol. The Bertz CT molecular complexity index is 938. The third kappa shape index (κ3) is 4.37. The number of thiophene rings is 1. The predicted octanol–water partition coefficient (Wildman–Crippen LogP) is 4.47. The smallest absolute Gasteiger partial charge is 0.267 e. The summed E-state index contributed by atoms with van der Waals surface area (Å²) in [6.07, 6.45) is 0.188. The van der Waals surface area contributed by atoms with Gasteiger partial charge in [-0.05, 0) is 43.2 Å². The molecule has 1 aromatic heterocycles. The van der Waals surface area contributed by atoms with E-state index in [9.17, 15) is 4.79 Å². The number of carbonyl (C=O) groups is 1. The number of nitrogens with zero attached hydrogens (tertiary/aromatic N) is 1. The molecule has 0 radical (unpaired) electrons. The minimum absolute atomic E-state index is 0.0310. The van der Waals surface area contributed by atoms with Crippen LogP contribution in [0.1, 0.15) is 15.3 Å². The van der Waals surface area contributed by atoms with E-state index in [1.165, 1.54) is 15.3 Å². The van der Waals surface area contributed by atoms with Crippen LogP contribution in [0.5, 0.6) is 11.5 Å². The van der Waals surface area contributed by atoms with Crippen LogP contribution in [0.4, 0.5) is 0 Å². The molecule has 1 amide bonds. The Morgan fingerprint density at radius 1 is 1.04 bits per heavy atom. The first kappa shape index (κ1) is 18.6. The third-order valence-corrected chi connectivity index (χ3v) is 5.74. The van der Waals surface area contributed by atoms with Gasteiger partial charge in [0.2, 0.25) is 6.10 Å². The lowest BCUT2D eigenvalue weighted by atomic mass is 10.1. The van der Waals surface area contributed by atoms with Crippen molar-refractivity contribution in [2.24, 2.45) is 0 Å². The quantitative estimate of drug-likeness (QED) is 0.620. The second kappa shape index (κ2) is 8.48. The van der Waals surface area contributed by atoms with Crippen LogP contribution in [0.3, 0.4) is 0 Å². The highest BCUT2D eigenvalue weighted by Gasteiger charge is 2.31. The summed E-state index contributed by atoms with van der Waals surface area (Å²) in [5.74, 6) is 1.29. The molecule has 2 heterocycles. The number of ether oxygens (including phenoxy) is 2. The predicted molar refractivity (Wildman–Crippen MR) is 111 cm³/mol. The largest absolute Gasteiger partial charge is 0.485 e. The number of hydrogen-bond acceptors (Lipinski definition) is 4.